The molecule has 4 rings (SSSR count). The Labute approximate surface area is 186 Å². The molecule has 0 unspecified atom stereocenters. The Morgan fingerprint density at radius 2 is 1.74 bits per heavy atom. The fourth-order valence-electron chi connectivity index (χ4n) is 4.97. The lowest BCUT2D eigenvalue weighted by molar-refractivity contribution is 0.0903. The minimum Gasteiger partial charge on any atom is -0.357 e. The van der Waals surface area contributed by atoms with E-state index in [4.69, 9.17) is 4.98 Å². The third-order valence-electron chi connectivity index (χ3n) is 6.61. The second-order valence-corrected chi connectivity index (χ2v) is 9.71. The molecule has 2 aliphatic rings. The molecule has 0 spiro atoms. The standard InChI is InChI=1S/C24H38N6O/c1-18(2)17-29-15-11-19(12-16-29)25-24(31)22-20-9-10-21(26-23(20)28(3)27-22)30-13-7-5-4-6-8-14-30/h9-10,18-19H,4-8,11-17H2,1-3H3,(H,25,31). The number of rotatable bonds is 5. The van der Waals surface area contributed by atoms with Crippen LogP contribution in [0.1, 0.15) is 69.3 Å². The maximum absolute atomic E-state index is 13.0. The SMILES string of the molecule is CC(C)CN1CCC(NC(=O)c2nn(C)c3nc(N4CCCCCCC4)ccc23)CC1. The van der Waals surface area contributed by atoms with Crippen molar-refractivity contribution < 1.29 is 4.79 Å². The number of aryl methyl sites for hydroxylation is 1. The van der Waals surface area contributed by atoms with Gasteiger partial charge < -0.3 is 15.1 Å². The first-order valence-corrected chi connectivity index (χ1v) is 12.1. The summed E-state index contributed by atoms with van der Waals surface area (Å²) in [7, 11) is 1.88. The van der Waals surface area contributed by atoms with E-state index in [0.29, 0.717) is 11.6 Å². The van der Waals surface area contributed by atoms with E-state index in [-0.39, 0.29) is 11.9 Å². The van der Waals surface area contributed by atoms with Gasteiger partial charge in [0.15, 0.2) is 11.3 Å². The van der Waals surface area contributed by atoms with Crippen LogP contribution in [0, 0.1) is 5.92 Å². The van der Waals surface area contributed by atoms with E-state index in [1.54, 1.807) is 4.68 Å². The first kappa shape index (κ1) is 22.1. The summed E-state index contributed by atoms with van der Waals surface area (Å²) >= 11 is 0. The number of likely N-dealkylation sites (tertiary alicyclic amines) is 1. The average molecular weight is 427 g/mol. The van der Waals surface area contributed by atoms with Crippen LogP contribution in [0.5, 0.6) is 0 Å². The highest BCUT2D eigenvalue weighted by Gasteiger charge is 2.24. The topological polar surface area (TPSA) is 66.3 Å². The maximum Gasteiger partial charge on any atom is 0.272 e. The van der Waals surface area contributed by atoms with E-state index >= 15 is 0 Å². The zero-order valence-electron chi connectivity index (χ0n) is 19.4. The lowest BCUT2D eigenvalue weighted by Gasteiger charge is -2.33. The first-order chi connectivity index (χ1) is 15.0. The zero-order valence-corrected chi connectivity index (χ0v) is 19.4. The summed E-state index contributed by atoms with van der Waals surface area (Å²) in [5.74, 6) is 1.61. The molecule has 0 aromatic carbocycles. The number of nitrogens with one attached hydrogen (secondary N) is 1. The molecule has 4 heterocycles. The van der Waals surface area contributed by atoms with Crippen LogP contribution in [-0.2, 0) is 7.05 Å². The number of carbonyl (C=O) groups is 1. The van der Waals surface area contributed by atoms with Crippen LogP contribution >= 0.6 is 0 Å². The van der Waals surface area contributed by atoms with E-state index in [1.165, 1.54) is 32.1 Å². The first-order valence-electron chi connectivity index (χ1n) is 12.1. The Balaban J connectivity index is 1.44. The maximum atomic E-state index is 13.0. The van der Waals surface area contributed by atoms with Crippen molar-refractivity contribution in [2.75, 3.05) is 37.6 Å². The molecule has 170 valence electrons. The Morgan fingerprint density at radius 1 is 1.06 bits per heavy atom. The number of amides is 1. The van der Waals surface area contributed by atoms with E-state index < -0.39 is 0 Å². The molecule has 1 N–H and O–H groups in total. The summed E-state index contributed by atoms with van der Waals surface area (Å²) in [4.78, 5) is 22.8. The molecule has 0 bridgehead atoms. The number of piperidine rings is 1. The van der Waals surface area contributed by atoms with Crippen molar-refractivity contribution >= 4 is 22.8 Å². The lowest BCUT2D eigenvalue weighted by atomic mass is 10.0. The Morgan fingerprint density at radius 3 is 2.42 bits per heavy atom. The highest BCUT2D eigenvalue weighted by atomic mass is 16.2. The third kappa shape index (κ3) is 5.37. The summed E-state index contributed by atoms with van der Waals surface area (Å²) in [6.07, 6.45) is 8.37. The summed E-state index contributed by atoms with van der Waals surface area (Å²) in [6.45, 7) is 9.86. The fourth-order valence-corrected chi connectivity index (χ4v) is 4.97. The predicted octanol–water partition coefficient (Wildman–Crippen LogP) is 3.59. The quantitative estimate of drug-likeness (QED) is 0.791. The van der Waals surface area contributed by atoms with Gasteiger partial charge in [-0.15, -0.1) is 0 Å². The Hall–Kier alpha value is -2.15. The van der Waals surface area contributed by atoms with Gasteiger partial charge in [-0.2, -0.15) is 5.10 Å². The molecule has 7 nitrogen and oxygen atoms in total. The van der Waals surface area contributed by atoms with Gasteiger partial charge in [0.2, 0.25) is 0 Å². The van der Waals surface area contributed by atoms with Gasteiger partial charge in [-0.1, -0.05) is 33.1 Å². The molecular formula is C24H38N6O. The van der Waals surface area contributed by atoms with E-state index in [2.05, 4.69) is 40.1 Å². The molecule has 0 radical (unpaired) electrons. The highest BCUT2D eigenvalue weighted by molar-refractivity contribution is 6.04. The number of pyridine rings is 1. The van der Waals surface area contributed by atoms with E-state index in [1.807, 2.05) is 13.1 Å². The molecule has 0 saturated carbocycles. The molecule has 2 saturated heterocycles. The van der Waals surface area contributed by atoms with Crippen molar-refractivity contribution in [2.45, 2.75) is 64.8 Å². The van der Waals surface area contributed by atoms with E-state index in [9.17, 15) is 4.79 Å². The van der Waals surface area contributed by atoms with Crippen LogP contribution in [0.15, 0.2) is 12.1 Å². The lowest BCUT2D eigenvalue weighted by Crippen LogP contribution is -2.45. The van der Waals surface area contributed by atoms with Crippen molar-refractivity contribution in [2.24, 2.45) is 13.0 Å². The van der Waals surface area contributed by atoms with Crippen LogP contribution in [0.2, 0.25) is 0 Å². The van der Waals surface area contributed by atoms with Gasteiger partial charge in [-0.3, -0.25) is 4.79 Å². The van der Waals surface area contributed by atoms with Crippen LogP contribution in [-0.4, -0.2) is 64.3 Å². The number of anilines is 1. The highest BCUT2D eigenvalue weighted by Crippen LogP contribution is 2.23. The van der Waals surface area contributed by atoms with Gasteiger partial charge in [0.1, 0.15) is 5.82 Å². The molecule has 2 aliphatic heterocycles. The summed E-state index contributed by atoms with van der Waals surface area (Å²) < 4.78 is 1.75. The molecular weight excluding hydrogens is 388 g/mol. The molecule has 2 aromatic heterocycles. The number of carbonyl (C=O) groups excluding carboxylic acids is 1. The number of aromatic nitrogens is 3. The van der Waals surface area contributed by atoms with Gasteiger partial charge >= 0.3 is 0 Å². The second kappa shape index (κ2) is 9.98. The van der Waals surface area contributed by atoms with Crippen molar-refractivity contribution in [1.29, 1.82) is 0 Å². The average Bonchev–Trinajstić information content (AvgIpc) is 3.05. The fraction of sp³-hybridized carbons (Fsp3) is 0.708. The van der Waals surface area contributed by atoms with Crippen LogP contribution in [0.25, 0.3) is 11.0 Å². The van der Waals surface area contributed by atoms with Crippen molar-refractivity contribution in [3.63, 3.8) is 0 Å². The minimum atomic E-state index is -0.0753. The summed E-state index contributed by atoms with van der Waals surface area (Å²) in [5, 5.41) is 8.61. The Bertz CT molecular complexity index is 876. The molecule has 1 amide bonds. The zero-order chi connectivity index (χ0) is 21.8. The summed E-state index contributed by atoms with van der Waals surface area (Å²) in [5.41, 5.74) is 1.28. The van der Waals surface area contributed by atoms with Crippen molar-refractivity contribution in [3.8, 4) is 0 Å². The largest absolute Gasteiger partial charge is 0.357 e. The number of fused-ring (bicyclic) bond motifs is 1. The number of nitrogens with zero attached hydrogens (tertiary/aromatic N) is 5. The van der Waals surface area contributed by atoms with Crippen LogP contribution < -0.4 is 10.2 Å². The minimum absolute atomic E-state index is 0.0753. The predicted molar refractivity (Wildman–Crippen MR) is 126 cm³/mol. The van der Waals surface area contributed by atoms with E-state index in [0.717, 1.165) is 62.4 Å². The molecule has 0 aliphatic carbocycles. The molecule has 2 fully saturated rings. The molecule has 2 aromatic rings. The van der Waals surface area contributed by atoms with Gasteiger partial charge in [-0.25, -0.2) is 9.67 Å². The smallest absolute Gasteiger partial charge is 0.272 e. The number of hydrogen-bond donors (Lipinski definition) is 1. The second-order valence-electron chi connectivity index (χ2n) is 9.71. The van der Waals surface area contributed by atoms with Crippen LogP contribution in [0.4, 0.5) is 5.82 Å². The monoisotopic (exact) mass is 426 g/mol. The molecule has 31 heavy (non-hydrogen) atoms. The van der Waals surface area contributed by atoms with Gasteiger partial charge in [-0.05, 0) is 43.7 Å². The number of hydrogen-bond acceptors (Lipinski definition) is 5. The van der Waals surface area contributed by atoms with Crippen molar-refractivity contribution in [1.82, 2.24) is 25.0 Å². The summed E-state index contributed by atoms with van der Waals surface area (Å²) in [6, 6.07) is 4.32. The molecule has 7 heteroatoms. The normalized spacial score (nSPS) is 19.5. The molecule has 0 atom stereocenters. The van der Waals surface area contributed by atoms with Crippen LogP contribution in [0.3, 0.4) is 0 Å². The third-order valence-corrected chi connectivity index (χ3v) is 6.61. The van der Waals surface area contributed by atoms with Crippen molar-refractivity contribution in [3.05, 3.63) is 17.8 Å². The Kier molecular flexibility index (Phi) is 7.10. The van der Waals surface area contributed by atoms with Gasteiger partial charge in [0, 0.05) is 45.8 Å². The van der Waals surface area contributed by atoms with Gasteiger partial charge in [0.25, 0.3) is 5.91 Å². The van der Waals surface area contributed by atoms with Gasteiger partial charge in [0.05, 0.1) is 5.39 Å².